The van der Waals surface area contributed by atoms with Gasteiger partial charge in [-0.1, -0.05) is 42.5 Å². The molecular weight excluding hydrogens is 252 g/mol. The second-order valence-corrected chi connectivity index (χ2v) is 6.11. The monoisotopic (exact) mass is 274 g/mol. The van der Waals surface area contributed by atoms with Gasteiger partial charge in [0.2, 0.25) is 0 Å². The minimum Gasteiger partial charge on any atom is -0.0616 e. The van der Waals surface area contributed by atoms with Crippen LogP contribution in [0, 0.1) is 34.6 Å². The Morgan fingerprint density at radius 1 is 0.571 bits per heavy atom. The molecule has 0 unspecified atom stereocenters. The highest BCUT2D eigenvalue weighted by Crippen LogP contribution is 2.38. The summed E-state index contributed by atoms with van der Waals surface area (Å²) in [6.07, 6.45) is 0. The van der Waals surface area contributed by atoms with Crippen LogP contribution in [0.25, 0.3) is 21.9 Å². The van der Waals surface area contributed by atoms with Crippen molar-refractivity contribution >= 4 is 10.8 Å². The summed E-state index contributed by atoms with van der Waals surface area (Å²) in [7, 11) is 0. The lowest BCUT2D eigenvalue weighted by atomic mass is 9.85. The molecule has 0 amide bonds. The van der Waals surface area contributed by atoms with Crippen molar-refractivity contribution in [1.82, 2.24) is 0 Å². The SMILES string of the molecule is Cc1cc(C)c(C)c(-c2c(C)ccc3ccccc23)c1C. The van der Waals surface area contributed by atoms with Crippen LogP contribution in [0.1, 0.15) is 27.8 Å². The second-order valence-electron chi connectivity index (χ2n) is 6.11. The van der Waals surface area contributed by atoms with Crippen molar-refractivity contribution in [1.29, 1.82) is 0 Å². The molecule has 0 nitrogen and oxygen atoms in total. The highest BCUT2D eigenvalue weighted by Gasteiger charge is 2.15. The van der Waals surface area contributed by atoms with Crippen LogP contribution in [0.4, 0.5) is 0 Å². The smallest absolute Gasteiger partial charge is 0.00706 e. The Labute approximate surface area is 127 Å². The van der Waals surface area contributed by atoms with Crippen LogP contribution in [0.15, 0.2) is 42.5 Å². The van der Waals surface area contributed by atoms with Gasteiger partial charge in [0.25, 0.3) is 0 Å². The van der Waals surface area contributed by atoms with Crippen molar-refractivity contribution in [2.24, 2.45) is 0 Å². The number of aryl methyl sites for hydroxylation is 3. The molecule has 106 valence electrons. The number of hydrogen-bond donors (Lipinski definition) is 0. The van der Waals surface area contributed by atoms with Crippen LogP contribution in [0.5, 0.6) is 0 Å². The van der Waals surface area contributed by atoms with E-state index < -0.39 is 0 Å². The molecule has 0 aromatic heterocycles. The normalized spacial score (nSPS) is 11.1. The topological polar surface area (TPSA) is 0 Å². The van der Waals surface area contributed by atoms with Gasteiger partial charge in [-0.15, -0.1) is 0 Å². The minimum atomic E-state index is 1.32. The lowest BCUT2D eigenvalue weighted by molar-refractivity contribution is 1.24. The van der Waals surface area contributed by atoms with Crippen LogP contribution < -0.4 is 0 Å². The van der Waals surface area contributed by atoms with Gasteiger partial charge in [-0.2, -0.15) is 0 Å². The fourth-order valence-electron chi connectivity index (χ4n) is 3.30. The van der Waals surface area contributed by atoms with Gasteiger partial charge in [0.1, 0.15) is 0 Å². The maximum atomic E-state index is 2.30. The van der Waals surface area contributed by atoms with E-state index in [2.05, 4.69) is 77.1 Å². The zero-order valence-corrected chi connectivity index (χ0v) is 13.5. The van der Waals surface area contributed by atoms with E-state index in [4.69, 9.17) is 0 Å². The third-order valence-corrected chi connectivity index (χ3v) is 4.75. The van der Waals surface area contributed by atoms with E-state index in [-0.39, 0.29) is 0 Å². The van der Waals surface area contributed by atoms with Gasteiger partial charge < -0.3 is 0 Å². The molecule has 0 saturated heterocycles. The lowest BCUT2D eigenvalue weighted by Gasteiger charge is -2.19. The zero-order chi connectivity index (χ0) is 15.1. The van der Waals surface area contributed by atoms with Gasteiger partial charge >= 0.3 is 0 Å². The first-order valence-corrected chi connectivity index (χ1v) is 7.57. The quantitative estimate of drug-likeness (QED) is 0.507. The molecule has 0 N–H and O–H groups in total. The largest absolute Gasteiger partial charge is 0.0616 e. The number of rotatable bonds is 1. The van der Waals surface area contributed by atoms with Crippen LogP contribution >= 0.6 is 0 Å². The molecule has 0 atom stereocenters. The van der Waals surface area contributed by atoms with Gasteiger partial charge in [-0.25, -0.2) is 0 Å². The molecule has 0 radical (unpaired) electrons. The molecule has 0 aliphatic carbocycles. The van der Waals surface area contributed by atoms with Crippen LogP contribution in [0.3, 0.4) is 0 Å². The Hall–Kier alpha value is -2.08. The van der Waals surface area contributed by atoms with Crippen molar-refractivity contribution in [2.45, 2.75) is 34.6 Å². The first-order valence-electron chi connectivity index (χ1n) is 7.57. The van der Waals surface area contributed by atoms with Crippen molar-refractivity contribution in [3.63, 3.8) is 0 Å². The fraction of sp³-hybridized carbons (Fsp3) is 0.238. The predicted octanol–water partition coefficient (Wildman–Crippen LogP) is 6.05. The molecule has 0 fully saturated rings. The highest BCUT2D eigenvalue weighted by molar-refractivity contribution is 6.00. The molecule has 0 aliphatic heterocycles. The number of benzene rings is 3. The van der Waals surface area contributed by atoms with E-state index in [1.165, 1.54) is 49.7 Å². The first kappa shape index (κ1) is 13.9. The van der Waals surface area contributed by atoms with E-state index in [0.29, 0.717) is 0 Å². The molecule has 21 heavy (non-hydrogen) atoms. The van der Waals surface area contributed by atoms with Gasteiger partial charge in [-0.3, -0.25) is 0 Å². The van der Waals surface area contributed by atoms with E-state index in [0.717, 1.165) is 0 Å². The Kier molecular flexibility index (Phi) is 3.33. The molecule has 3 aromatic rings. The average molecular weight is 274 g/mol. The van der Waals surface area contributed by atoms with Crippen molar-refractivity contribution in [3.05, 3.63) is 70.3 Å². The van der Waals surface area contributed by atoms with E-state index in [1.54, 1.807) is 0 Å². The summed E-state index contributed by atoms with van der Waals surface area (Å²) in [5, 5.41) is 2.67. The summed E-state index contributed by atoms with van der Waals surface area (Å²) in [5.74, 6) is 0. The third kappa shape index (κ3) is 2.15. The summed E-state index contributed by atoms with van der Waals surface area (Å²) < 4.78 is 0. The summed E-state index contributed by atoms with van der Waals surface area (Å²) in [4.78, 5) is 0. The van der Waals surface area contributed by atoms with Crippen molar-refractivity contribution < 1.29 is 0 Å². The van der Waals surface area contributed by atoms with Gasteiger partial charge in [0.05, 0.1) is 0 Å². The Morgan fingerprint density at radius 3 is 1.86 bits per heavy atom. The summed E-state index contributed by atoms with van der Waals surface area (Å²) in [6, 6.07) is 15.5. The van der Waals surface area contributed by atoms with E-state index >= 15 is 0 Å². The van der Waals surface area contributed by atoms with E-state index in [1.807, 2.05) is 0 Å². The number of fused-ring (bicyclic) bond motifs is 1. The summed E-state index contributed by atoms with van der Waals surface area (Å²) in [6.45, 7) is 11.1. The average Bonchev–Trinajstić information content (AvgIpc) is 2.47. The Bertz CT molecular complexity index is 812. The summed E-state index contributed by atoms with van der Waals surface area (Å²) >= 11 is 0. The van der Waals surface area contributed by atoms with Crippen LogP contribution in [-0.4, -0.2) is 0 Å². The minimum absolute atomic E-state index is 1.32. The fourth-order valence-corrected chi connectivity index (χ4v) is 3.30. The van der Waals surface area contributed by atoms with Gasteiger partial charge in [-0.05, 0) is 84.3 Å². The molecule has 0 heterocycles. The predicted molar refractivity (Wildman–Crippen MR) is 93.1 cm³/mol. The van der Waals surface area contributed by atoms with Gasteiger partial charge in [0.15, 0.2) is 0 Å². The second kappa shape index (κ2) is 5.04. The Balaban J connectivity index is 2.49. The standard InChI is InChI=1S/C21H22/c1-13-10-11-18-8-6-7-9-19(18)20(13)21-16(4)14(2)12-15(3)17(21)5/h6-12H,1-5H3. The molecule has 0 saturated carbocycles. The van der Waals surface area contributed by atoms with Crippen molar-refractivity contribution in [2.75, 3.05) is 0 Å². The maximum Gasteiger partial charge on any atom is -0.00706 e. The molecule has 0 heteroatoms. The molecule has 0 bridgehead atoms. The molecular formula is C21H22. The third-order valence-electron chi connectivity index (χ3n) is 4.75. The van der Waals surface area contributed by atoms with Crippen LogP contribution in [-0.2, 0) is 0 Å². The highest BCUT2D eigenvalue weighted by atomic mass is 14.2. The Morgan fingerprint density at radius 2 is 1.19 bits per heavy atom. The molecule has 3 aromatic carbocycles. The number of hydrogen-bond acceptors (Lipinski definition) is 0. The van der Waals surface area contributed by atoms with Gasteiger partial charge in [0, 0.05) is 0 Å². The molecule has 0 spiro atoms. The lowest BCUT2D eigenvalue weighted by Crippen LogP contribution is -1.97. The summed E-state index contributed by atoms with van der Waals surface area (Å²) in [5.41, 5.74) is 9.72. The van der Waals surface area contributed by atoms with Crippen molar-refractivity contribution in [3.8, 4) is 11.1 Å². The first-order chi connectivity index (χ1) is 10.0. The van der Waals surface area contributed by atoms with E-state index in [9.17, 15) is 0 Å². The van der Waals surface area contributed by atoms with Crippen LogP contribution in [0.2, 0.25) is 0 Å². The zero-order valence-electron chi connectivity index (χ0n) is 13.5. The molecule has 0 aliphatic rings. The molecule has 3 rings (SSSR count). The maximum absolute atomic E-state index is 2.30.